The van der Waals surface area contributed by atoms with Crippen LogP contribution in [0.4, 0.5) is 13.2 Å². The lowest BCUT2D eigenvalue weighted by atomic mass is 10.1. The van der Waals surface area contributed by atoms with Gasteiger partial charge in [0, 0.05) is 33.4 Å². The van der Waals surface area contributed by atoms with Crippen LogP contribution in [0, 0.1) is 6.92 Å². The number of carbonyl (C=O) groups excluding carboxylic acids is 1. The Kier molecular flexibility index (Phi) is 5.06. The summed E-state index contributed by atoms with van der Waals surface area (Å²) < 4.78 is 45.2. The lowest BCUT2D eigenvalue weighted by Gasteiger charge is -2.17. The second-order valence-corrected chi connectivity index (χ2v) is 9.02. The molecular formula is C22H20F3N3O2S. The highest BCUT2D eigenvalue weighted by Crippen LogP contribution is 2.37. The van der Waals surface area contributed by atoms with Crippen molar-refractivity contribution in [1.82, 2.24) is 14.3 Å². The summed E-state index contributed by atoms with van der Waals surface area (Å²) in [5, 5.41) is 14.2. The number of alkyl halides is 3. The zero-order valence-corrected chi connectivity index (χ0v) is 17.9. The first-order valence-electron chi connectivity index (χ1n) is 9.54. The summed E-state index contributed by atoms with van der Waals surface area (Å²) >= 11 is 1.30. The number of nitrogens with one attached hydrogen (secondary N) is 1. The van der Waals surface area contributed by atoms with E-state index in [4.69, 9.17) is 0 Å². The van der Waals surface area contributed by atoms with E-state index in [0.29, 0.717) is 16.9 Å². The van der Waals surface area contributed by atoms with Crippen LogP contribution in [-0.4, -0.2) is 32.1 Å². The monoisotopic (exact) mass is 447 g/mol. The standard InChI is InChI=1S/C22H20F3N3O2S/c1-12-18-16-10-13(20(29)26-11-21(2,3)30)4-9-17(16)28(19(18)27-31-12)15-7-5-14(6-8-15)22(23,24)25/h4-10,30H,11H2,1-3H3,(H,26,29). The molecule has 0 atom stereocenters. The Morgan fingerprint density at radius 2 is 1.84 bits per heavy atom. The van der Waals surface area contributed by atoms with Gasteiger partial charge >= 0.3 is 6.18 Å². The minimum Gasteiger partial charge on any atom is -0.389 e. The van der Waals surface area contributed by atoms with Gasteiger partial charge in [0.25, 0.3) is 5.91 Å². The molecule has 4 rings (SSSR count). The molecule has 0 aliphatic carbocycles. The molecule has 1 amide bonds. The van der Waals surface area contributed by atoms with E-state index in [1.165, 1.54) is 23.7 Å². The fourth-order valence-corrected chi connectivity index (χ4v) is 4.16. The SMILES string of the molecule is Cc1snc2c1c1cc(C(=O)NCC(C)(C)O)ccc1n2-c1ccc(C(F)(F)F)cc1. The van der Waals surface area contributed by atoms with Gasteiger partial charge < -0.3 is 10.4 Å². The Balaban J connectivity index is 1.83. The van der Waals surface area contributed by atoms with E-state index < -0.39 is 17.3 Å². The Morgan fingerprint density at radius 1 is 1.16 bits per heavy atom. The molecule has 9 heteroatoms. The summed E-state index contributed by atoms with van der Waals surface area (Å²) in [5.41, 5.74) is 0.598. The summed E-state index contributed by atoms with van der Waals surface area (Å²) in [6, 6.07) is 10.1. The van der Waals surface area contributed by atoms with Crippen molar-refractivity contribution in [2.45, 2.75) is 32.5 Å². The maximum absolute atomic E-state index is 13.0. The molecule has 0 saturated carbocycles. The molecule has 0 unspecified atom stereocenters. The van der Waals surface area contributed by atoms with E-state index in [-0.39, 0.29) is 12.5 Å². The summed E-state index contributed by atoms with van der Waals surface area (Å²) in [6.07, 6.45) is -4.41. The largest absolute Gasteiger partial charge is 0.416 e. The van der Waals surface area contributed by atoms with Crippen molar-refractivity contribution in [2.75, 3.05) is 6.54 Å². The van der Waals surface area contributed by atoms with Crippen molar-refractivity contribution in [1.29, 1.82) is 0 Å². The molecule has 2 N–H and O–H groups in total. The Bertz CT molecular complexity index is 1280. The quantitative estimate of drug-likeness (QED) is 0.459. The number of benzene rings is 2. The average molecular weight is 447 g/mol. The van der Waals surface area contributed by atoms with Crippen molar-refractivity contribution in [3.8, 4) is 5.69 Å². The van der Waals surface area contributed by atoms with Crippen LogP contribution in [0.3, 0.4) is 0 Å². The summed E-state index contributed by atoms with van der Waals surface area (Å²) in [5.74, 6) is -0.319. The predicted molar refractivity (Wildman–Crippen MR) is 115 cm³/mol. The molecule has 2 heterocycles. The number of rotatable bonds is 4. The summed E-state index contributed by atoms with van der Waals surface area (Å²) in [4.78, 5) is 13.5. The highest BCUT2D eigenvalue weighted by Gasteiger charge is 2.30. The van der Waals surface area contributed by atoms with Gasteiger partial charge in [-0.1, -0.05) is 0 Å². The number of amides is 1. The normalized spacial score (nSPS) is 12.6. The molecular weight excluding hydrogens is 427 g/mol. The van der Waals surface area contributed by atoms with Crippen LogP contribution in [0.5, 0.6) is 0 Å². The first kappa shape index (κ1) is 21.3. The fraction of sp³-hybridized carbons (Fsp3) is 0.273. The van der Waals surface area contributed by atoms with Crippen molar-refractivity contribution < 1.29 is 23.1 Å². The van der Waals surface area contributed by atoms with Crippen molar-refractivity contribution >= 4 is 39.4 Å². The van der Waals surface area contributed by atoms with E-state index in [1.54, 1.807) is 36.6 Å². The molecule has 2 aromatic heterocycles. The minimum atomic E-state index is -4.41. The molecule has 4 aromatic rings. The van der Waals surface area contributed by atoms with E-state index in [1.807, 2.05) is 6.92 Å². The van der Waals surface area contributed by atoms with Crippen LogP contribution >= 0.6 is 11.5 Å². The minimum absolute atomic E-state index is 0.102. The van der Waals surface area contributed by atoms with Gasteiger partial charge in [-0.05, 0) is 74.8 Å². The third-order valence-electron chi connectivity index (χ3n) is 4.96. The smallest absolute Gasteiger partial charge is 0.389 e. The maximum Gasteiger partial charge on any atom is 0.416 e. The molecule has 0 radical (unpaired) electrons. The van der Waals surface area contributed by atoms with Gasteiger partial charge in [0.15, 0.2) is 5.65 Å². The number of hydrogen-bond donors (Lipinski definition) is 2. The lowest BCUT2D eigenvalue weighted by molar-refractivity contribution is -0.137. The molecule has 0 aliphatic heterocycles. The van der Waals surface area contributed by atoms with Gasteiger partial charge in [-0.25, -0.2) is 0 Å². The molecule has 0 spiro atoms. The van der Waals surface area contributed by atoms with E-state index in [9.17, 15) is 23.1 Å². The highest BCUT2D eigenvalue weighted by atomic mass is 32.1. The van der Waals surface area contributed by atoms with Crippen LogP contribution in [0.25, 0.3) is 27.6 Å². The Morgan fingerprint density at radius 3 is 2.45 bits per heavy atom. The molecule has 31 heavy (non-hydrogen) atoms. The number of fused-ring (bicyclic) bond motifs is 3. The van der Waals surface area contributed by atoms with Gasteiger partial charge in [-0.3, -0.25) is 9.36 Å². The van der Waals surface area contributed by atoms with E-state index in [0.717, 1.165) is 33.3 Å². The van der Waals surface area contributed by atoms with Gasteiger partial charge in [0.2, 0.25) is 0 Å². The van der Waals surface area contributed by atoms with E-state index in [2.05, 4.69) is 9.69 Å². The average Bonchev–Trinajstić information content (AvgIpc) is 3.22. The number of aliphatic hydroxyl groups is 1. The molecule has 2 aromatic carbocycles. The second-order valence-electron chi connectivity index (χ2n) is 8.04. The first-order chi connectivity index (χ1) is 14.5. The van der Waals surface area contributed by atoms with Crippen LogP contribution in [-0.2, 0) is 6.18 Å². The predicted octanol–water partition coefficient (Wildman–Crippen LogP) is 5.07. The molecule has 0 aliphatic rings. The van der Waals surface area contributed by atoms with Crippen LogP contribution in [0.15, 0.2) is 42.5 Å². The fourth-order valence-electron chi connectivity index (χ4n) is 3.47. The topological polar surface area (TPSA) is 67.2 Å². The number of aryl methyl sites for hydroxylation is 1. The van der Waals surface area contributed by atoms with Gasteiger partial charge in [0.1, 0.15) is 0 Å². The zero-order valence-electron chi connectivity index (χ0n) is 17.0. The van der Waals surface area contributed by atoms with E-state index >= 15 is 0 Å². The number of hydrogen-bond acceptors (Lipinski definition) is 4. The Hall–Kier alpha value is -2.91. The van der Waals surface area contributed by atoms with Crippen LogP contribution in [0.2, 0.25) is 0 Å². The summed E-state index contributed by atoms with van der Waals surface area (Å²) in [6.45, 7) is 5.22. The molecule has 162 valence electrons. The van der Waals surface area contributed by atoms with Gasteiger partial charge in [-0.15, -0.1) is 0 Å². The van der Waals surface area contributed by atoms with Crippen molar-refractivity contribution in [2.24, 2.45) is 0 Å². The number of aromatic nitrogens is 2. The summed E-state index contributed by atoms with van der Waals surface area (Å²) in [7, 11) is 0. The maximum atomic E-state index is 13.0. The lowest BCUT2D eigenvalue weighted by Crippen LogP contribution is -2.38. The third-order valence-corrected chi connectivity index (χ3v) is 5.70. The molecule has 0 fully saturated rings. The van der Waals surface area contributed by atoms with Crippen molar-refractivity contribution in [3.05, 3.63) is 58.5 Å². The number of carbonyl (C=O) groups is 1. The van der Waals surface area contributed by atoms with Gasteiger partial charge in [0.05, 0.1) is 16.7 Å². The van der Waals surface area contributed by atoms with Crippen molar-refractivity contribution in [3.63, 3.8) is 0 Å². The van der Waals surface area contributed by atoms with Crippen LogP contribution < -0.4 is 5.32 Å². The number of nitrogens with zero attached hydrogens (tertiary/aromatic N) is 2. The zero-order chi connectivity index (χ0) is 22.6. The third kappa shape index (κ3) is 4.03. The Labute approximate surface area is 180 Å². The highest BCUT2D eigenvalue weighted by molar-refractivity contribution is 7.07. The van der Waals surface area contributed by atoms with Gasteiger partial charge in [-0.2, -0.15) is 17.5 Å². The second kappa shape index (κ2) is 7.35. The van der Waals surface area contributed by atoms with Crippen LogP contribution in [0.1, 0.15) is 34.6 Å². The molecule has 0 bridgehead atoms. The first-order valence-corrected chi connectivity index (χ1v) is 10.3. The number of halogens is 3. The molecule has 5 nitrogen and oxygen atoms in total. The molecule has 0 saturated heterocycles.